The topological polar surface area (TPSA) is 80.7 Å². The van der Waals surface area contributed by atoms with E-state index >= 15 is 0 Å². The summed E-state index contributed by atoms with van der Waals surface area (Å²) >= 11 is 0. The minimum atomic E-state index is -0.370. The standard InChI is InChI=1S/C23H26FN5O3/c1-16(2)13-32-21-12-20(26-15-27-21)28-8-10-29(11-9-28)22(30)14-31-19-6-5-18(24)17-4-3-7-25-23(17)19/h3-7,12,15-16H,8-11,13-14H2,1-2H3. The third kappa shape index (κ3) is 5.04. The Bertz CT molecular complexity index is 1090. The Hall–Kier alpha value is -3.49. The number of carbonyl (C=O) groups excluding carboxylic acids is 1. The van der Waals surface area contributed by atoms with Gasteiger partial charge in [-0.15, -0.1) is 0 Å². The van der Waals surface area contributed by atoms with Crippen molar-refractivity contribution in [3.8, 4) is 11.6 Å². The molecule has 4 rings (SSSR count). The van der Waals surface area contributed by atoms with E-state index in [-0.39, 0.29) is 18.3 Å². The van der Waals surface area contributed by atoms with Gasteiger partial charge in [-0.3, -0.25) is 9.78 Å². The molecule has 0 aliphatic carbocycles. The lowest BCUT2D eigenvalue weighted by Crippen LogP contribution is -2.50. The molecule has 0 N–H and O–H groups in total. The molecule has 0 bridgehead atoms. The zero-order valence-corrected chi connectivity index (χ0v) is 18.2. The van der Waals surface area contributed by atoms with Crippen molar-refractivity contribution >= 4 is 22.6 Å². The minimum absolute atomic E-state index is 0.123. The predicted molar refractivity (Wildman–Crippen MR) is 118 cm³/mol. The van der Waals surface area contributed by atoms with Crippen molar-refractivity contribution in [3.63, 3.8) is 0 Å². The summed E-state index contributed by atoms with van der Waals surface area (Å²) in [7, 11) is 0. The van der Waals surface area contributed by atoms with Crippen molar-refractivity contribution in [2.24, 2.45) is 5.92 Å². The van der Waals surface area contributed by atoms with Gasteiger partial charge in [0.2, 0.25) is 5.88 Å². The van der Waals surface area contributed by atoms with E-state index in [2.05, 4.69) is 33.7 Å². The van der Waals surface area contributed by atoms with Crippen molar-refractivity contribution in [1.29, 1.82) is 0 Å². The minimum Gasteiger partial charge on any atom is -0.481 e. The molecule has 9 heteroatoms. The molecule has 168 valence electrons. The summed E-state index contributed by atoms with van der Waals surface area (Å²) in [5.74, 6) is 1.64. The zero-order valence-electron chi connectivity index (χ0n) is 18.2. The Morgan fingerprint density at radius 3 is 2.69 bits per heavy atom. The Balaban J connectivity index is 1.32. The molecule has 8 nitrogen and oxygen atoms in total. The van der Waals surface area contributed by atoms with Gasteiger partial charge in [0, 0.05) is 43.8 Å². The van der Waals surface area contributed by atoms with Crippen molar-refractivity contribution < 1.29 is 18.7 Å². The number of ether oxygens (including phenoxy) is 2. The summed E-state index contributed by atoms with van der Waals surface area (Å²) in [6.45, 7) is 7.03. The monoisotopic (exact) mass is 439 g/mol. The second kappa shape index (κ2) is 9.76. The van der Waals surface area contributed by atoms with E-state index in [4.69, 9.17) is 9.47 Å². The lowest BCUT2D eigenvalue weighted by molar-refractivity contribution is -0.133. The maximum Gasteiger partial charge on any atom is 0.260 e. The molecular weight excluding hydrogens is 413 g/mol. The summed E-state index contributed by atoms with van der Waals surface area (Å²) < 4.78 is 25.3. The van der Waals surface area contributed by atoms with Gasteiger partial charge in [0.1, 0.15) is 29.2 Å². The molecule has 1 saturated heterocycles. The fourth-order valence-electron chi connectivity index (χ4n) is 3.48. The van der Waals surface area contributed by atoms with Crippen LogP contribution in [0.1, 0.15) is 13.8 Å². The number of hydrogen-bond donors (Lipinski definition) is 0. The third-order valence-electron chi connectivity index (χ3n) is 5.18. The van der Waals surface area contributed by atoms with Crippen LogP contribution < -0.4 is 14.4 Å². The quantitative estimate of drug-likeness (QED) is 0.560. The summed E-state index contributed by atoms with van der Waals surface area (Å²) in [5.41, 5.74) is 0.407. The molecule has 1 aliphatic rings. The van der Waals surface area contributed by atoms with Crippen LogP contribution >= 0.6 is 0 Å². The Morgan fingerprint density at radius 2 is 1.91 bits per heavy atom. The van der Waals surface area contributed by atoms with Gasteiger partial charge in [0.25, 0.3) is 5.91 Å². The summed E-state index contributed by atoms with van der Waals surface area (Å²) in [4.78, 5) is 29.2. The molecule has 32 heavy (non-hydrogen) atoms. The number of carbonyl (C=O) groups is 1. The second-order valence-electron chi connectivity index (χ2n) is 8.02. The first-order valence-electron chi connectivity index (χ1n) is 10.6. The number of fused-ring (bicyclic) bond motifs is 1. The molecule has 3 heterocycles. The number of nitrogens with zero attached hydrogens (tertiary/aromatic N) is 5. The maximum atomic E-state index is 13.9. The predicted octanol–water partition coefficient (Wildman–Crippen LogP) is 2.93. The van der Waals surface area contributed by atoms with E-state index in [0.717, 1.165) is 5.82 Å². The van der Waals surface area contributed by atoms with E-state index < -0.39 is 0 Å². The van der Waals surface area contributed by atoms with Crippen molar-refractivity contribution in [1.82, 2.24) is 19.9 Å². The van der Waals surface area contributed by atoms with E-state index in [0.29, 0.717) is 61.2 Å². The van der Waals surface area contributed by atoms with Gasteiger partial charge in [-0.2, -0.15) is 0 Å². The van der Waals surface area contributed by atoms with Crippen LogP contribution in [0.25, 0.3) is 10.9 Å². The fraction of sp³-hybridized carbons (Fsp3) is 0.391. The lowest BCUT2D eigenvalue weighted by Gasteiger charge is -2.35. The molecule has 3 aromatic rings. The van der Waals surface area contributed by atoms with E-state index in [1.807, 2.05) is 6.07 Å². The van der Waals surface area contributed by atoms with E-state index in [1.165, 1.54) is 18.5 Å². The molecular formula is C23H26FN5O3. The normalized spacial score (nSPS) is 14.1. The van der Waals surface area contributed by atoms with Gasteiger partial charge < -0.3 is 19.3 Å². The zero-order chi connectivity index (χ0) is 22.5. The first kappa shape index (κ1) is 21.7. The van der Waals surface area contributed by atoms with Crippen LogP contribution in [-0.2, 0) is 4.79 Å². The molecule has 1 amide bonds. The lowest BCUT2D eigenvalue weighted by atomic mass is 10.2. The SMILES string of the molecule is CC(C)COc1cc(N2CCN(C(=O)COc3ccc(F)c4cccnc34)CC2)ncn1. The molecule has 1 aliphatic heterocycles. The first-order valence-corrected chi connectivity index (χ1v) is 10.6. The molecule has 0 saturated carbocycles. The number of amides is 1. The smallest absolute Gasteiger partial charge is 0.260 e. The largest absolute Gasteiger partial charge is 0.481 e. The highest BCUT2D eigenvalue weighted by Gasteiger charge is 2.23. The van der Waals surface area contributed by atoms with Crippen molar-refractivity contribution in [3.05, 3.63) is 48.7 Å². The van der Waals surface area contributed by atoms with E-state index in [9.17, 15) is 9.18 Å². The van der Waals surface area contributed by atoms with Gasteiger partial charge >= 0.3 is 0 Å². The number of rotatable bonds is 7. The molecule has 0 unspecified atom stereocenters. The van der Waals surface area contributed by atoms with Crippen LogP contribution in [0, 0.1) is 11.7 Å². The number of pyridine rings is 1. The van der Waals surface area contributed by atoms with Crippen molar-refractivity contribution in [2.45, 2.75) is 13.8 Å². The number of halogens is 1. The van der Waals surface area contributed by atoms with Gasteiger partial charge in [-0.25, -0.2) is 14.4 Å². The Kier molecular flexibility index (Phi) is 6.63. The summed E-state index contributed by atoms with van der Waals surface area (Å²) in [5, 5.41) is 0.368. The van der Waals surface area contributed by atoms with Crippen molar-refractivity contribution in [2.75, 3.05) is 44.3 Å². The van der Waals surface area contributed by atoms with Gasteiger partial charge in [-0.05, 0) is 30.2 Å². The van der Waals surface area contributed by atoms with Crippen LogP contribution in [0.2, 0.25) is 0 Å². The summed E-state index contributed by atoms with van der Waals surface area (Å²) in [6.07, 6.45) is 3.07. The van der Waals surface area contributed by atoms with Gasteiger partial charge in [0.15, 0.2) is 6.61 Å². The Morgan fingerprint density at radius 1 is 1.09 bits per heavy atom. The average Bonchev–Trinajstić information content (AvgIpc) is 2.82. The number of aromatic nitrogens is 3. The molecule has 0 atom stereocenters. The van der Waals surface area contributed by atoms with Gasteiger partial charge in [0.05, 0.1) is 6.61 Å². The first-order chi connectivity index (χ1) is 15.5. The third-order valence-corrected chi connectivity index (χ3v) is 5.18. The highest BCUT2D eigenvalue weighted by atomic mass is 19.1. The Labute approximate surface area is 186 Å². The molecule has 1 fully saturated rings. The summed E-state index contributed by atoms with van der Waals surface area (Å²) in [6, 6.07) is 7.96. The number of benzene rings is 1. The number of anilines is 1. The van der Waals surface area contributed by atoms with Gasteiger partial charge in [-0.1, -0.05) is 13.8 Å². The number of hydrogen-bond acceptors (Lipinski definition) is 7. The van der Waals surface area contributed by atoms with Crippen LogP contribution in [0.3, 0.4) is 0 Å². The fourth-order valence-corrected chi connectivity index (χ4v) is 3.48. The highest BCUT2D eigenvalue weighted by Crippen LogP contribution is 2.26. The van der Waals surface area contributed by atoms with E-state index in [1.54, 1.807) is 23.2 Å². The second-order valence-corrected chi connectivity index (χ2v) is 8.02. The van der Waals surface area contributed by atoms with Crippen LogP contribution in [0.5, 0.6) is 11.6 Å². The average molecular weight is 439 g/mol. The molecule has 2 aromatic heterocycles. The van der Waals surface area contributed by atoms with Crippen LogP contribution in [0.15, 0.2) is 42.9 Å². The molecule has 1 aromatic carbocycles. The highest BCUT2D eigenvalue weighted by molar-refractivity contribution is 5.85. The number of piperazine rings is 1. The molecule has 0 radical (unpaired) electrons. The van der Waals surface area contributed by atoms with Crippen LogP contribution in [-0.4, -0.2) is 65.2 Å². The van der Waals surface area contributed by atoms with Crippen LogP contribution in [0.4, 0.5) is 10.2 Å². The maximum absolute atomic E-state index is 13.9. The molecule has 0 spiro atoms.